The third-order valence-corrected chi connectivity index (χ3v) is 3.61. The van der Waals surface area contributed by atoms with Crippen molar-refractivity contribution < 1.29 is 9.53 Å². The van der Waals surface area contributed by atoms with Crippen molar-refractivity contribution in [1.82, 2.24) is 15.5 Å². The SMILES string of the molecule is CCN(C(=O)NC1CCOC1)C1CCNCC1. The number of hydrogen-bond acceptors (Lipinski definition) is 3. The van der Waals surface area contributed by atoms with Crippen LogP contribution < -0.4 is 10.6 Å². The first-order valence-electron chi connectivity index (χ1n) is 6.67. The molecule has 98 valence electrons. The molecule has 2 rings (SSSR count). The predicted octanol–water partition coefficient (Wildman–Crippen LogP) is 0.559. The Morgan fingerprint density at radius 2 is 2.18 bits per heavy atom. The zero-order valence-electron chi connectivity index (χ0n) is 10.6. The number of rotatable bonds is 3. The summed E-state index contributed by atoms with van der Waals surface area (Å²) in [5, 5.41) is 6.40. The van der Waals surface area contributed by atoms with E-state index in [0.717, 1.165) is 45.5 Å². The van der Waals surface area contributed by atoms with Gasteiger partial charge in [-0.2, -0.15) is 0 Å². The first-order valence-corrected chi connectivity index (χ1v) is 6.67. The topological polar surface area (TPSA) is 53.6 Å². The molecule has 0 bridgehead atoms. The summed E-state index contributed by atoms with van der Waals surface area (Å²) in [5.41, 5.74) is 0. The molecule has 2 fully saturated rings. The molecule has 0 aromatic rings. The van der Waals surface area contributed by atoms with Crippen molar-refractivity contribution in [3.8, 4) is 0 Å². The number of piperidine rings is 1. The number of nitrogens with one attached hydrogen (secondary N) is 2. The highest BCUT2D eigenvalue weighted by Crippen LogP contribution is 2.13. The molecular formula is C12H23N3O2. The van der Waals surface area contributed by atoms with Crippen LogP contribution in [0.1, 0.15) is 26.2 Å². The van der Waals surface area contributed by atoms with Crippen LogP contribution in [-0.4, -0.2) is 55.9 Å². The zero-order chi connectivity index (χ0) is 12.1. The van der Waals surface area contributed by atoms with Crippen LogP contribution in [0.3, 0.4) is 0 Å². The van der Waals surface area contributed by atoms with Gasteiger partial charge in [-0.25, -0.2) is 4.79 Å². The minimum Gasteiger partial charge on any atom is -0.379 e. The standard InChI is InChI=1S/C12H23N3O2/c1-2-15(11-3-6-13-7-4-11)12(16)14-10-5-8-17-9-10/h10-11,13H,2-9H2,1H3,(H,14,16). The number of carbonyl (C=O) groups excluding carboxylic acids is 1. The van der Waals surface area contributed by atoms with Crippen molar-refractivity contribution in [2.24, 2.45) is 0 Å². The summed E-state index contributed by atoms with van der Waals surface area (Å²) >= 11 is 0. The maximum absolute atomic E-state index is 12.2. The lowest BCUT2D eigenvalue weighted by atomic mass is 10.1. The lowest BCUT2D eigenvalue weighted by Gasteiger charge is -2.34. The van der Waals surface area contributed by atoms with Crippen LogP contribution in [0.15, 0.2) is 0 Å². The molecule has 1 unspecified atom stereocenters. The van der Waals surface area contributed by atoms with E-state index in [1.165, 1.54) is 0 Å². The predicted molar refractivity (Wildman–Crippen MR) is 66.0 cm³/mol. The minimum atomic E-state index is 0.0786. The average molecular weight is 241 g/mol. The second-order valence-corrected chi connectivity index (χ2v) is 4.78. The molecule has 0 saturated carbocycles. The first-order chi connectivity index (χ1) is 8.31. The van der Waals surface area contributed by atoms with Gasteiger partial charge in [-0.3, -0.25) is 0 Å². The Morgan fingerprint density at radius 1 is 1.41 bits per heavy atom. The van der Waals surface area contributed by atoms with Gasteiger partial charge in [0.1, 0.15) is 0 Å². The van der Waals surface area contributed by atoms with Gasteiger partial charge in [0.2, 0.25) is 0 Å². The molecule has 0 radical (unpaired) electrons. The fraction of sp³-hybridized carbons (Fsp3) is 0.917. The van der Waals surface area contributed by atoms with Gasteiger partial charge < -0.3 is 20.3 Å². The highest BCUT2D eigenvalue weighted by Gasteiger charge is 2.26. The average Bonchev–Trinajstić information content (AvgIpc) is 2.84. The van der Waals surface area contributed by atoms with Gasteiger partial charge in [0.25, 0.3) is 0 Å². The van der Waals surface area contributed by atoms with Gasteiger partial charge in [0, 0.05) is 19.2 Å². The van der Waals surface area contributed by atoms with E-state index in [1.54, 1.807) is 0 Å². The summed E-state index contributed by atoms with van der Waals surface area (Å²) in [7, 11) is 0. The number of nitrogens with zero attached hydrogens (tertiary/aromatic N) is 1. The Bertz CT molecular complexity index is 248. The molecule has 2 aliphatic heterocycles. The first kappa shape index (κ1) is 12.6. The molecule has 1 atom stereocenters. The summed E-state index contributed by atoms with van der Waals surface area (Å²) < 4.78 is 5.27. The summed E-state index contributed by atoms with van der Waals surface area (Å²) in [4.78, 5) is 14.1. The highest BCUT2D eigenvalue weighted by atomic mass is 16.5. The molecule has 0 aromatic heterocycles. The van der Waals surface area contributed by atoms with Crippen molar-refractivity contribution >= 4 is 6.03 Å². The van der Waals surface area contributed by atoms with Gasteiger partial charge in [-0.1, -0.05) is 0 Å². The molecule has 2 saturated heterocycles. The summed E-state index contributed by atoms with van der Waals surface area (Å²) in [6, 6.07) is 0.678. The van der Waals surface area contributed by atoms with Crippen molar-refractivity contribution in [2.75, 3.05) is 32.8 Å². The van der Waals surface area contributed by atoms with E-state index in [4.69, 9.17) is 4.74 Å². The van der Waals surface area contributed by atoms with Crippen molar-refractivity contribution in [2.45, 2.75) is 38.3 Å². The number of ether oxygens (including phenoxy) is 1. The Hall–Kier alpha value is -0.810. The number of urea groups is 1. The van der Waals surface area contributed by atoms with Crippen LogP contribution in [0.25, 0.3) is 0 Å². The van der Waals surface area contributed by atoms with Crippen molar-refractivity contribution in [1.29, 1.82) is 0 Å². The summed E-state index contributed by atoms with van der Waals surface area (Å²) in [6.07, 6.45) is 3.06. The van der Waals surface area contributed by atoms with Crippen LogP contribution in [-0.2, 0) is 4.74 Å². The fourth-order valence-corrected chi connectivity index (χ4v) is 2.59. The quantitative estimate of drug-likeness (QED) is 0.759. The Kier molecular flexibility index (Phi) is 4.62. The Balaban J connectivity index is 1.84. The second-order valence-electron chi connectivity index (χ2n) is 4.78. The van der Waals surface area contributed by atoms with Crippen LogP contribution in [0.2, 0.25) is 0 Å². The lowest BCUT2D eigenvalue weighted by molar-refractivity contribution is 0.155. The Morgan fingerprint density at radius 3 is 2.76 bits per heavy atom. The summed E-state index contributed by atoms with van der Waals surface area (Å²) in [5.74, 6) is 0. The number of carbonyl (C=O) groups is 1. The van der Waals surface area contributed by atoms with E-state index in [1.807, 2.05) is 11.8 Å². The molecule has 17 heavy (non-hydrogen) atoms. The third-order valence-electron chi connectivity index (χ3n) is 3.61. The molecule has 5 nitrogen and oxygen atoms in total. The fourth-order valence-electron chi connectivity index (χ4n) is 2.59. The molecule has 0 spiro atoms. The van der Waals surface area contributed by atoms with E-state index in [2.05, 4.69) is 10.6 Å². The van der Waals surface area contributed by atoms with Crippen molar-refractivity contribution in [3.05, 3.63) is 0 Å². The molecule has 2 heterocycles. The van der Waals surface area contributed by atoms with E-state index in [0.29, 0.717) is 12.6 Å². The molecule has 2 amide bonds. The Labute approximate surface area is 103 Å². The lowest BCUT2D eigenvalue weighted by Crippen LogP contribution is -2.52. The minimum absolute atomic E-state index is 0.0786. The monoisotopic (exact) mass is 241 g/mol. The van der Waals surface area contributed by atoms with Gasteiger partial charge in [-0.05, 0) is 39.3 Å². The zero-order valence-corrected chi connectivity index (χ0v) is 10.6. The smallest absolute Gasteiger partial charge is 0.317 e. The molecule has 2 N–H and O–H groups in total. The van der Waals surface area contributed by atoms with Gasteiger partial charge >= 0.3 is 6.03 Å². The number of amides is 2. The van der Waals surface area contributed by atoms with E-state index < -0.39 is 0 Å². The molecule has 0 aliphatic carbocycles. The normalized spacial score (nSPS) is 25.8. The van der Waals surface area contributed by atoms with Gasteiger partial charge in [-0.15, -0.1) is 0 Å². The maximum atomic E-state index is 12.2. The van der Waals surface area contributed by atoms with E-state index in [9.17, 15) is 4.79 Å². The van der Waals surface area contributed by atoms with Crippen LogP contribution in [0.5, 0.6) is 0 Å². The maximum Gasteiger partial charge on any atom is 0.317 e. The van der Waals surface area contributed by atoms with Gasteiger partial charge in [0.05, 0.1) is 12.6 Å². The van der Waals surface area contributed by atoms with Crippen molar-refractivity contribution in [3.63, 3.8) is 0 Å². The van der Waals surface area contributed by atoms with Gasteiger partial charge in [0.15, 0.2) is 0 Å². The van der Waals surface area contributed by atoms with E-state index >= 15 is 0 Å². The molecular weight excluding hydrogens is 218 g/mol. The molecule has 0 aromatic carbocycles. The van der Waals surface area contributed by atoms with Crippen LogP contribution in [0.4, 0.5) is 4.79 Å². The second kappa shape index (κ2) is 6.21. The summed E-state index contributed by atoms with van der Waals surface area (Å²) in [6.45, 7) is 6.29. The molecule has 5 heteroatoms. The molecule has 2 aliphatic rings. The van der Waals surface area contributed by atoms with Crippen LogP contribution >= 0.6 is 0 Å². The number of hydrogen-bond donors (Lipinski definition) is 2. The van der Waals surface area contributed by atoms with Crippen LogP contribution in [0, 0.1) is 0 Å². The highest BCUT2D eigenvalue weighted by molar-refractivity contribution is 5.75. The van der Waals surface area contributed by atoms with E-state index in [-0.39, 0.29) is 12.1 Å². The largest absolute Gasteiger partial charge is 0.379 e. The third kappa shape index (κ3) is 3.33.